The molecule has 4 nitrogen and oxygen atoms in total. The summed E-state index contributed by atoms with van der Waals surface area (Å²) >= 11 is 0. The van der Waals surface area contributed by atoms with Crippen LogP contribution in [0, 0.1) is 0 Å². The number of allylic oxidation sites excluding steroid dienone is 2. The van der Waals surface area contributed by atoms with E-state index in [2.05, 4.69) is 23.5 Å². The molecule has 13 heavy (non-hydrogen) atoms. The van der Waals surface area contributed by atoms with Crippen molar-refractivity contribution in [3.63, 3.8) is 0 Å². The lowest BCUT2D eigenvalue weighted by Crippen LogP contribution is -2.25. The lowest BCUT2D eigenvalue weighted by Gasteiger charge is -2.02. The van der Waals surface area contributed by atoms with E-state index in [1.165, 1.54) is 5.57 Å². The summed E-state index contributed by atoms with van der Waals surface area (Å²) in [6.45, 7) is 2.12. The third-order valence-corrected chi connectivity index (χ3v) is 1.96. The van der Waals surface area contributed by atoms with Gasteiger partial charge < -0.3 is 5.73 Å². The highest BCUT2D eigenvalue weighted by Gasteiger charge is 2.12. The number of hydrazone groups is 1. The van der Waals surface area contributed by atoms with E-state index in [1.807, 2.05) is 0 Å². The molecule has 0 saturated carbocycles. The van der Waals surface area contributed by atoms with E-state index in [0.29, 0.717) is 0 Å². The molecule has 0 bridgehead atoms. The molecule has 0 aromatic heterocycles. The zero-order valence-electron chi connectivity index (χ0n) is 7.84. The van der Waals surface area contributed by atoms with Crippen LogP contribution in [0.25, 0.3) is 0 Å². The van der Waals surface area contributed by atoms with Gasteiger partial charge in [-0.1, -0.05) is 19.4 Å². The number of carbonyl (C=O) groups is 1. The SMILES string of the molecule is CCCC1=CCC/C1=N\NC(N)=O. The quantitative estimate of drug-likeness (QED) is 0.637. The minimum Gasteiger partial charge on any atom is -0.350 e. The zero-order valence-corrected chi connectivity index (χ0v) is 7.84. The predicted octanol–water partition coefficient (Wildman–Crippen LogP) is 1.53. The number of hydrogen-bond acceptors (Lipinski definition) is 2. The zero-order chi connectivity index (χ0) is 9.68. The van der Waals surface area contributed by atoms with Gasteiger partial charge in [0, 0.05) is 0 Å². The molecule has 0 unspecified atom stereocenters. The lowest BCUT2D eigenvalue weighted by molar-refractivity contribution is 0.249. The number of primary amides is 1. The van der Waals surface area contributed by atoms with Crippen molar-refractivity contribution in [1.29, 1.82) is 0 Å². The maximum Gasteiger partial charge on any atom is 0.332 e. The highest BCUT2D eigenvalue weighted by molar-refractivity contribution is 6.02. The Balaban J connectivity index is 2.54. The Labute approximate surface area is 77.9 Å². The Morgan fingerprint density at radius 1 is 1.77 bits per heavy atom. The molecular formula is C9H15N3O. The molecule has 0 aliphatic heterocycles. The molecular weight excluding hydrogens is 166 g/mol. The first-order valence-electron chi connectivity index (χ1n) is 4.55. The fraction of sp³-hybridized carbons (Fsp3) is 0.556. The molecule has 0 radical (unpaired) electrons. The molecule has 72 valence electrons. The van der Waals surface area contributed by atoms with Gasteiger partial charge in [0.2, 0.25) is 0 Å². The Hall–Kier alpha value is -1.32. The molecule has 3 N–H and O–H groups in total. The second-order valence-electron chi connectivity index (χ2n) is 3.05. The molecule has 0 aromatic rings. The summed E-state index contributed by atoms with van der Waals surface area (Å²) in [6.07, 6.45) is 6.23. The number of hydrogen-bond donors (Lipinski definition) is 2. The van der Waals surface area contributed by atoms with Gasteiger partial charge in [0.25, 0.3) is 0 Å². The number of nitrogens with zero attached hydrogens (tertiary/aromatic N) is 1. The van der Waals surface area contributed by atoms with Crippen molar-refractivity contribution in [1.82, 2.24) is 5.43 Å². The fourth-order valence-corrected chi connectivity index (χ4v) is 1.43. The summed E-state index contributed by atoms with van der Waals surface area (Å²) in [5.41, 5.74) is 9.39. The molecule has 4 heteroatoms. The summed E-state index contributed by atoms with van der Waals surface area (Å²) in [4.78, 5) is 10.4. The van der Waals surface area contributed by atoms with Crippen molar-refractivity contribution >= 4 is 11.7 Å². The van der Waals surface area contributed by atoms with Gasteiger partial charge in [0.15, 0.2) is 0 Å². The molecule has 0 aromatic carbocycles. The molecule has 1 rings (SSSR count). The fourth-order valence-electron chi connectivity index (χ4n) is 1.43. The Bertz CT molecular complexity index is 256. The van der Waals surface area contributed by atoms with Crippen LogP contribution in [-0.2, 0) is 0 Å². The Morgan fingerprint density at radius 2 is 2.54 bits per heavy atom. The van der Waals surface area contributed by atoms with Crippen LogP contribution in [-0.4, -0.2) is 11.7 Å². The van der Waals surface area contributed by atoms with E-state index in [4.69, 9.17) is 5.73 Å². The minimum atomic E-state index is -0.602. The van der Waals surface area contributed by atoms with E-state index in [1.54, 1.807) is 0 Å². The average Bonchev–Trinajstić information content (AvgIpc) is 2.49. The molecule has 1 aliphatic carbocycles. The summed E-state index contributed by atoms with van der Waals surface area (Å²) in [6, 6.07) is -0.602. The van der Waals surface area contributed by atoms with Crippen molar-refractivity contribution in [2.24, 2.45) is 10.8 Å². The molecule has 0 spiro atoms. The Kier molecular flexibility index (Phi) is 3.49. The van der Waals surface area contributed by atoms with Gasteiger partial charge in [0.05, 0.1) is 5.71 Å². The predicted molar refractivity (Wildman–Crippen MR) is 52.4 cm³/mol. The molecule has 0 atom stereocenters. The number of carbonyl (C=O) groups excluding carboxylic acids is 1. The van der Waals surface area contributed by atoms with Crippen molar-refractivity contribution in [3.8, 4) is 0 Å². The van der Waals surface area contributed by atoms with Gasteiger partial charge >= 0.3 is 6.03 Å². The van der Waals surface area contributed by atoms with Gasteiger partial charge in [-0.3, -0.25) is 0 Å². The van der Waals surface area contributed by atoms with Crippen LogP contribution >= 0.6 is 0 Å². The first-order chi connectivity index (χ1) is 6.24. The lowest BCUT2D eigenvalue weighted by atomic mass is 10.1. The smallest absolute Gasteiger partial charge is 0.332 e. The first-order valence-corrected chi connectivity index (χ1v) is 4.55. The van der Waals surface area contributed by atoms with Crippen molar-refractivity contribution in [2.75, 3.05) is 0 Å². The van der Waals surface area contributed by atoms with Crippen LogP contribution in [0.3, 0.4) is 0 Å². The number of urea groups is 1. The van der Waals surface area contributed by atoms with Crippen LogP contribution in [0.2, 0.25) is 0 Å². The van der Waals surface area contributed by atoms with E-state index in [-0.39, 0.29) is 0 Å². The second kappa shape index (κ2) is 4.64. The highest BCUT2D eigenvalue weighted by Crippen LogP contribution is 2.19. The summed E-state index contributed by atoms with van der Waals surface area (Å²) in [5.74, 6) is 0. The summed E-state index contributed by atoms with van der Waals surface area (Å²) in [5, 5.41) is 3.95. The van der Waals surface area contributed by atoms with Gasteiger partial charge in [-0.2, -0.15) is 5.10 Å². The van der Waals surface area contributed by atoms with Crippen LogP contribution < -0.4 is 11.2 Å². The van der Waals surface area contributed by atoms with Crippen LogP contribution in [0.5, 0.6) is 0 Å². The largest absolute Gasteiger partial charge is 0.350 e. The van der Waals surface area contributed by atoms with Crippen molar-refractivity contribution < 1.29 is 4.79 Å². The highest BCUT2D eigenvalue weighted by atomic mass is 16.2. The van der Waals surface area contributed by atoms with E-state index < -0.39 is 6.03 Å². The minimum absolute atomic E-state index is 0.602. The van der Waals surface area contributed by atoms with E-state index >= 15 is 0 Å². The first kappa shape index (κ1) is 9.77. The van der Waals surface area contributed by atoms with E-state index in [0.717, 1.165) is 31.4 Å². The number of nitrogens with two attached hydrogens (primary N) is 1. The normalized spacial score (nSPS) is 18.8. The standard InChI is InChI=1S/C9H15N3O/c1-2-4-7-5-3-6-8(7)11-12-9(10)13/h5H,2-4,6H2,1H3,(H3,10,12,13)/b11-8+. The van der Waals surface area contributed by atoms with Crippen molar-refractivity contribution in [3.05, 3.63) is 11.6 Å². The average molecular weight is 181 g/mol. The van der Waals surface area contributed by atoms with Gasteiger partial charge in [-0.05, 0) is 24.8 Å². The second-order valence-corrected chi connectivity index (χ2v) is 3.05. The number of amides is 2. The Morgan fingerprint density at radius 3 is 3.15 bits per heavy atom. The van der Waals surface area contributed by atoms with Gasteiger partial charge in [-0.15, -0.1) is 0 Å². The molecule has 0 heterocycles. The number of rotatable bonds is 3. The van der Waals surface area contributed by atoms with Crippen LogP contribution in [0.15, 0.2) is 16.8 Å². The topological polar surface area (TPSA) is 67.5 Å². The van der Waals surface area contributed by atoms with E-state index in [9.17, 15) is 4.79 Å². The third-order valence-electron chi connectivity index (χ3n) is 1.96. The number of nitrogens with one attached hydrogen (secondary N) is 1. The van der Waals surface area contributed by atoms with Crippen molar-refractivity contribution in [2.45, 2.75) is 32.6 Å². The molecule has 1 aliphatic rings. The summed E-state index contributed by atoms with van der Waals surface area (Å²) in [7, 11) is 0. The van der Waals surface area contributed by atoms with Gasteiger partial charge in [-0.25, -0.2) is 10.2 Å². The maximum atomic E-state index is 10.4. The third kappa shape index (κ3) is 2.89. The maximum absolute atomic E-state index is 10.4. The van der Waals surface area contributed by atoms with Gasteiger partial charge in [0.1, 0.15) is 0 Å². The monoisotopic (exact) mass is 181 g/mol. The molecule has 0 fully saturated rings. The van der Waals surface area contributed by atoms with Crippen LogP contribution in [0.4, 0.5) is 4.79 Å². The van der Waals surface area contributed by atoms with Crippen LogP contribution in [0.1, 0.15) is 32.6 Å². The molecule has 2 amide bonds. The summed E-state index contributed by atoms with van der Waals surface area (Å²) < 4.78 is 0. The molecule has 0 saturated heterocycles.